The van der Waals surface area contributed by atoms with E-state index in [0.717, 1.165) is 36.8 Å². The Balaban J connectivity index is 1.58. The molecule has 1 saturated heterocycles. The third-order valence-corrected chi connectivity index (χ3v) is 7.27. The highest BCUT2D eigenvalue weighted by Crippen LogP contribution is 2.32. The number of nitrogens with two attached hydrogens (primary N) is 2. The van der Waals surface area contributed by atoms with Gasteiger partial charge in [-0.3, -0.25) is 19.3 Å². The molecule has 4 N–H and O–H groups in total. The van der Waals surface area contributed by atoms with Crippen molar-refractivity contribution in [2.24, 2.45) is 17.4 Å². The average Bonchev–Trinajstić information content (AvgIpc) is 3.35. The number of aromatic nitrogens is 1. The third kappa shape index (κ3) is 5.19. The van der Waals surface area contributed by atoms with E-state index in [2.05, 4.69) is 16.8 Å². The van der Waals surface area contributed by atoms with Gasteiger partial charge in [0.15, 0.2) is 0 Å². The van der Waals surface area contributed by atoms with E-state index in [1.54, 1.807) is 0 Å². The lowest BCUT2D eigenvalue weighted by molar-refractivity contribution is -0.140. The quantitative estimate of drug-likeness (QED) is 0.657. The van der Waals surface area contributed by atoms with Gasteiger partial charge in [-0.2, -0.15) is 0 Å². The molecule has 1 saturated carbocycles. The fraction of sp³-hybridized carbons (Fsp3) is 0.462. The Labute approximate surface area is 204 Å². The number of primary amides is 2. The fourth-order valence-corrected chi connectivity index (χ4v) is 5.33. The van der Waals surface area contributed by atoms with Crippen molar-refractivity contribution in [3.05, 3.63) is 52.6 Å². The van der Waals surface area contributed by atoms with E-state index in [-0.39, 0.29) is 34.7 Å². The predicted octanol–water partition coefficient (Wildman–Crippen LogP) is 2.62. The first kappa shape index (κ1) is 24.8. The van der Waals surface area contributed by atoms with Gasteiger partial charge in [-0.1, -0.05) is 12.8 Å². The summed E-state index contributed by atoms with van der Waals surface area (Å²) >= 11 is 0. The number of rotatable bonds is 6. The molecule has 1 atom stereocenters. The normalized spacial score (nSPS) is 19.2. The van der Waals surface area contributed by atoms with Crippen molar-refractivity contribution >= 4 is 17.7 Å². The molecule has 2 aromatic rings. The smallest absolute Gasteiger partial charge is 0.267 e. The minimum atomic E-state index is -0.780. The summed E-state index contributed by atoms with van der Waals surface area (Å²) in [5, 5.41) is 0. The fourth-order valence-electron chi connectivity index (χ4n) is 5.33. The number of carbonyl (C=O) groups is 3. The lowest BCUT2D eigenvalue weighted by Crippen LogP contribution is -2.54. The van der Waals surface area contributed by atoms with Crippen LogP contribution in [0.4, 0.5) is 4.39 Å². The van der Waals surface area contributed by atoms with Crippen molar-refractivity contribution in [1.82, 2.24) is 14.8 Å². The van der Waals surface area contributed by atoms with Gasteiger partial charge in [0.1, 0.15) is 11.5 Å². The molecular weight excluding hydrogens is 449 g/mol. The minimum absolute atomic E-state index is 0.0534. The van der Waals surface area contributed by atoms with Crippen LogP contribution in [-0.2, 0) is 11.3 Å². The predicted molar refractivity (Wildman–Crippen MR) is 130 cm³/mol. The van der Waals surface area contributed by atoms with Crippen LogP contribution in [-0.4, -0.2) is 58.2 Å². The Morgan fingerprint density at radius 1 is 1.06 bits per heavy atom. The van der Waals surface area contributed by atoms with Gasteiger partial charge in [0.05, 0.1) is 5.56 Å². The summed E-state index contributed by atoms with van der Waals surface area (Å²) in [5.41, 5.74) is 13.2. The van der Waals surface area contributed by atoms with E-state index in [4.69, 9.17) is 11.5 Å². The second kappa shape index (κ2) is 10.1. The molecule has 9 heteroatoms. The molecular formula is C26H32FN5O3. The third-order valence-electron chi connectivity index (χ3n) is 7.27. The summed E-state index contributed by atoms with van der Waals surface area (Å²) in [5.74, 6) is -1.54. The molecule has 3 amide bonds. The first-order valence-corrected chi connectivity index (χ1v) is 12.1. The number of piperazine rings is 1. The summed E-state index contributed by atoms with van der Waals surface area (Å²) in [6.45, 7) is 6.42. The lowest BCUT2D eigenvalue weighted by Gasteiger charge is -2.41. The zero-order valence-corrected chi connectivity index (χ0v) is 20.2. The van der Waals surface area contributed by atoms with Gasteiger partial charge in [0.2, 0.25) is 11.8 Å². The highest BCUT2D eigenvalue weighted by molar-refractivity contribution is 6.01. The van der Waals surface area contributed by atoms with E-state index in [1.807, 2.05) is 11.8 Å². The number of pyridine rings is 1. The van der Waals surface area contributed by atoms with E-state index < -0.39 is 17.6 Å². The molecule has 0 bridgehead atoms. The maximum atomic E-state index is 14.8. The molecule has 1 aromatic heterocycles. The van der Waals surface area contributed by atoms with Gasteiger partial charge in [0.25, 0.3) is 5.91 Å². The molecule has 2 heterocycles. The molecule has 1 aliphatic carbocycles. The standard InChI is InChI=1S/C26H32FN5O3/c1-15-13-31(7-8-32(15)26(35)17-5-3-4-6-17)14-19-9-20(27)11-21(16(19)2)22-10-18(24(28)33)12-30-23(22)25(29)34/h9-12,15,17H,3-8,13-14H2,1-2H3,(H2,28,33)(H2,29,34). The van der Waals surface area contributed by atoms with Gasteiger partial charge in [-0.25, -0.2) is 9.37 Å². The van der Waals surface area contributed by atoms with Crippen molar-refractivity contribution in [3.8, 4) is 11.1 Å². The summed E-state index contributed by atoms with van der Waals surface area (Å²) in [6.07, 6.45) is 5.41. The summed E-state index contributed by atoms with van der Waals surface area (Å²) in [7, 11) is 0. The number of amides is 3. The summed E-state index contributed by atoms with van der Waals surface area (Å²) in [4.78, 5) is 44.8. The Bertz CT molecular complexity index is 1160. The van der Waals surface area contributed by atoms with Crippen molar-refractivity contribution < 1.29 is 18.8 Å². The van der Waals surface area contributed by atoms with E-state index in [9.17, 15) is 18.8 Å². The molecule has 1 aliphatic heterocycles. The van der Waals surface area contributed by atoms with E-state index in [1.165, 1.54) is 24.4 Å². The maximum absolute atomic E-state index is 14.8. The zero-order chi connectivity index (χ0) is 25.3. The number of nitrogens with zero attached hydrogens (tertiary/aromatic N) is 3. The highest BCUT2D eigenvalue weighted by Gasteiger charge is 2.33. The molecule has 0 spiro atoms. The van der Waals surface area contributed by atoms with Gasteiger partial charge >= 0.3 is 0 Å². The SMILES string of the molecule is Cc1c(CN2CCN(C(=O)C3CCCC3)C(C)C2)cc(F)cc1-c1cc(C(N)=O)cnc1C(N)=O. The molecule has 4 rings (SSSR count). The van der Waals surface area contributed by atoms with Gasteiger partial charge in [0, 0.05) is 49.9 Å². The zero-order valence-electron chi connectivity index (χ0n) is 20.2. The van der Waals surface area contributed by atoms with Gasteiger partial charge < -0.3 is 16.4 Å². The van der Waals surface area contributed by atoms with E-state index in [0.29, 0.717) is 31.7 Å². The Hall–Kier alpha value is -3.33. The minimum Gasteiger partial charge on any atom is -0.366 e. The van der Waals surface area contributed by atoms with Crippen LogP contribution in [0, 0.1) is 18.7 Å². The summed E-state index contributed by atoms with van der Waals surface area (Å²) in [6, 6.07) is 4.29. The topological polar surface area (TPSA) is 123 Å². The Kier molecular flexibility index (Phi) is 7.16. The second-order valence-electron chi connectivity index (χ2n) is 9.68. The first-order chi connectivity index (χ1) is 16.7. The average molecular weight is 482 g/mol. The van der Waals surface area contributed by atoms with Gasteiger partial charge in [-0.15, -0.1) is 0 Å². The van der Waals surface area contributed by atoms with Crippen LogP contribution in [0.1, 0.15) is 64.6 Å². The van der Waals surface area contributed by atoms with Crippen LogP contribution < -0.4 is 11.5 Å². The number of hydrogen-bond donors (Lipinski definition) is 2. The molecule has 2 fully saturated rings. The lowest BCUT2D eigenvalue weighted by atomic mass is 9.93. The van der Waals surface area contributed by atoms with Crippen LogP contribution in [0.2, 0.25) is 0 Å². The number of carbonyl (C=O) groups excluding carboxylic acids is 3. The van der Waals surface area contributed by atoms with Crippen molar-refractivity contribution in [3.63, 3.8) is 0 Å². The summed E-state index contributed by atoms with van der Waals surface area (Å²) < 4.78 is 14.8. The molecule has 2 aliphatic rings. The van der Waals surface area contributed by atoms with Crippen LogP contribution in [0.3, 0.4) is 0 Å². The molecule has 0 radical (unpaired) electrons. The van der Waals surface area contributed by atoms with Crippen LogP contribution in [0.25, 0.3) is 11.1 Å². The second-order valence-corrected chi connectivity index (χ2v) is 9.68. The monoisotopic (exact) mass is 481 g/mol. The molecule has 35 heavy (non-hydrogen) atoms. The van der Waals surface area contributed by atoms with Crippen molar-refractivity contribution in [1.29, 1.82) is 0 Å². The molecule has 1 aromatic carbocycles. The Morgan fingerprint density at radius 3 is 2.40 bits per heavy atom. The molecule has 8 nitrogen and oxygen atoms in total. The first-order valence-electron chi connectivity index (χ1n) is 12.1. The number of benzene rings is 1. The number of halogens is 1. The van der Waals surface area contributed by atoms with Crippen LogP contribution in [0.15, 0.2) is 24.4 Å². The highest BCUT2D eigenvalue weighted by atomic mass is 19.1. The molecule has 186 valence electrons. The van der Waals surface area contributed by atoms with Crippen LogP contribution >= 0.6 is 0 Å². The van der Waals surface area contributed by atoms with E-state index >= 15 is 0 Å². The van der Waals surface area contributed by atoms with Crippen LogP contribution in [0.5, 0.6) is 0 Å². The maximum Gasteiger partial charge on any atom is 0.267 e. The number of hydrogen-bond acceptors (Lipinski definition) is 5. The largest absolute Gasteiger partial charge is 0.366 e. The Morgan fingerprint density at radius 2 is 1.77 bits per heavy atom. The van der Waals surface area contributed by atoms with Gasteiger partial charge in [-0.05, 0) is 61.6 Å². The molecule has 1 unspecified atom stereocenters. The van der Waals surface area contributed by atoms with Crippen molar-refractivity contribution in [2.45, 2.75) is 52.1 Å². The van der Waals surface area contributed by atoms with Crippen molar-refractivity contribution in [2.75, 3.05) is 19.6 Å².